The number of piperidine rings is 1. The number of carbonyl (C=O) groups excluding carboxylic acids is 1. The molecule has 3 nitrogen and oxygen atoms in total. The van der Waals surface area contributed by atoms with Crippen molar-refractivity contribution in [2.24, 2.45) is 11.7 Å². The van der Waals surface area contributed by atoms with Crippen molar-refractivity contribution in [3.05, 3.63) is 35.4 Å². The summed E-state index contributed by atoms with van der Waals surface area (Å²) in [6.45, 7) is 2.35. The summed E-state index contributed by atoms with van der Waals surface area (Å²) in [7, 11) is 0. The van der Waals surface area contributed by atoms with Gasteiger partial charge in [0.1, 0.15) is 0 Å². The van der Waals surface area contributed by atoms with E-state index in [1.165, 1.54) is 38.8 Å². The van der Waals surface area contributed by atoms with Gasteiger partial charge >= 0.3 is 0 Å². The van der Waals surface area contributed by atoms with E-state index in [4.69, 9.17) is 5.73 Å². The maximum atomic E-state index is 11.3. The van der Waals surface area contributed by atoms with Crippen LogP contribution in [0.3, 0.4) is 0 Å². The third kappa shape index (κ3) is 5.14. The van der Waals surface area contributed by atoms with Gasteiger partial charge in [0, 0.05) is 5.56 Å². The van der Waals surface area contributed by atoms with Crippen molar-refractivity contribution in [2.45, 2.75) is 38.5 Å². The molecule has 3 N–H and O–H groups in total. The van der Waals surface area contributed by atoms with E-state index in [9.17, 15) is 4.79 Å². The lowest BCUT2D eigenvalue weighted by atomic mass is 9.91. The van der Waals surface area contributed by atoms with Gasteiger partial charge in [-0.25, -0.2) is 0 Å². The van der Waals surface area contributed by atoms with Gasteiger partial charge in [-0.05, 0) is 56.3 Å². The number of nitrogens with one attached hydrogen (secondary N) is 1. The topological polar surface area (TPSA) is 55.1 Å². The molecule has 0 aliphatic carbocycles. The highest BCUT2D eigenvalue weighted by atomic mass is 35.5. The minimum absolute atomic E-state index is 0. The highest BCUT2D eigenvalue weighted by Gasteiger charge is 2.12. The molecule has 0 bridgehead atoms. The van der Waals surface area contributed by atoms with Crippen LogP contribution in [0.15, 0.2) is 24.3 Å². The number of hydrogen-bond acceptors (Lipinski definition) is 2. The predicted molar refractivity (Wildman–Crippen MR) is 85.4 cm³/mol. The van der Waals surface area contributed by atoms with Crippen molar-refractivity contribution in [1.29, 1.82) is 0 Å². The SMILES string of the molecule is Cl.NC(=O)c1ccccc1CCCCC1CCNCC1. The molecule has 2 rings (SSSR count). The molecule has 4 heteroatoms. The fourth-order valence-corrected chi connectivity index (χ4v) is 2.90. The second-order valence-electron chi connectivity index (χ2n) is 5.46. The van der Waals surface area contributed by atoms with Crippen LogP contribution in [0.2, 0.25) is 0 Å². The molecule has 0 atom stereocenters. The van der Waals surface area contributed by atoms with Gasteiger partial charge in [0.25, 0.3) is 0 Å². The Labute approximate surface area is 127 Å². The van der Waals surface area contributed by atoms with Crippen molar-refractivity contribution in [1.82, 2.24) is 5.32 Å². The summed E-state index contributed by atoms with van der Waals surface area (Å²) >= 11 is 0. The Balaban J connectivity index is 0.00000200. The smallest absolute Gasteiger partial charge is 0.248 e. The standard InChI is InChI=1S/C16H24N2O.ClH/c17-16(19)15-8-4-3-7-14(15)6-2-1-5-13-9-11-18-12-10-13;/h3-4,7-8,13,18H,1-2,5-6,9-12H2,(H2,17,19);1H. The fraction of sp³-hybridized carbons (Fsp3) is 0.562. The molecule has 1 aromatic carbocycles. The predicted octanol–water partition coefficient (Wildman–Crippen LogP) is 2.92. The highest BCUT2D eigenvalue weighted by Crippen LogP contribution is 2.20. The summed E-state index contributed by atoms with van der Waals surface area (Å²) in [6.07, 6.45) is 7.31. The first-order valence-electron chi connectivity index (χ1n) is 7.36. The summed E-state index contributed by atoms with van der Waals surface area (Å²) in [5, 5.41) is 3.40. The van der Waals surface area contributed by atoms with Gasteiger partial charge < -0.3 is 11.1 Å². The molecule has 112 valence electrons. The van der Waals surface area contributed by atoms with E-state index in [1.54, 1.807) is 0 Å². The second-order valence-corrected chi connectivity index (χ2v) is 5.46. The zero-order valence-corrected chi connectivity index (χ0v) is 12.8. The fourth-order valence-electron chi connectivity index (χ4n) is 2.90. The van der Waals surface area contributed by atoms with Gasteiger partial charge in [-0.2, -0.15) is 0 Å². The molecule has 0 aromatic heterocycles. The Morgan fingerprint density at radius 2 is 1.90 bits per heavy atom. The number of benzene rings is 1. The Morgan fingerprint density at radius 3 is 2.60 bits per heavy atom. The van der Waals surface area contributed by atoms with Crippen LogP contribution < -0.4 is 11.1 Å². The molecule has 1 aliphatic heterocycles. The number of amides is 1. The average molecular weight is 297 g/mol. The molecule has 1 heterocycles. The second kappa shape index (κ2) is 8.98. The minimum Gasteiger partial charge on any atom is -0.366 e. The number of hydrogen-bond donors (Lipinski definition) is 2. The Morgan fingerprint density at radius 1 is 1.20 bits per heavy atom. The Hall–Kier alpha value is -1.06. The van der Waals surface area contributed by atoms with E-state index < -0.39 is 0 Å². The third-order valence-corrected chi connectivity index (χ3v) is 4.05. The number of primary amides is 1. The zero-order chi connectivity index (χ0) is 13.5. The van der Waals surface area contributed by atoms with Gasteiger partial charge in [0.05, 0.1) is 0 Å². The van der Waals surface area contributed by atoms with Crippen molar-refractivity contribution in [3.63, 3.8) is 0 Å². The molecule has 1 fully saturated rings. The first-order chi connectivity index (χ1) is 9.27. The van der Waals surface area contributed by atoms with E-state index in [0.29, 0.717) is 5.56 Å². The molecule has 1 aromatic rings. The van der Waals surface area contributed by atoms with Crippen LogP contribution in [0.4, 0.5) is 0 Å². The van der Waals surface area contributed by atoms with E-state index in [2.05, 4.69) is 5.32 Å². The number of rotatable bonds is 6. The van der Waals surface area contributed by atoms with Crippen LogP contribution in [0.25, 0.3) is 0 Å². The number of carbonyl (C=O) groups is 1. The number of unbranched alkanes of at least 4 members (excludes halogenated alkanes) is 1. The maximum absolute atomic E-state index is 11.3. The lowest BCUT2D eigenvalue weighted by molar-refractivity contribution is 0.0999. The summed E-state index contributed by atoms with van der Waals surface area (Å²) in [5.74, 6) is 0.585. The zero-order valence-electron chi connectivity index (χ0n) is 11.9. The van der Waals surface area contributed by atoms with Crippen LogP contribution in [-0.2, 0) is 6.42 Å². The molecule has 0 radical (unpaired) electrons. The van der Waals surface area contributed by atoms with Crippen molar-refractivity contribution >= 4 is 18.3 Å². The summed E-state index contributed by atoms with van der Waals surface area (Å²) in [5.41, 5.74) is 7.17. The molecule has 0 spiro atoms. The molecular weight excluding hydrogens is 272 g/mol. The third-order valence-electron chi connectivity index (χ3n) is 4.05. The largest absolute Gasteiger partial charge is 0.366 e. The monoisotopic (exact) mass is 296 g/mol. The minimum atomic E-state index is -0.311. The molecule has 0 unspecified atom stereocenters. The van der Waals surface area contributed by atoms with Gasteiger partial charge in [-0.15, -0.1) is 12.4 Å². The van der Waals surface area contributed by atoms with E-state index in [0.717, 1.165) is 24.3 Å². The maximum Gasteiger partial charge on any atom is 0.248 e. The van der Waals surface area contributed by atoms with Crippen molar-refractivity contribution in [3.8, 4) is 0 Å². The van der Waals surface area contributed by atoms with E-state index in [1.807, 2.05) is 24.3 Å². The molecule has 1 amide bonds. The summed E-state index contributed by atoms with van der Waals surface area (Å²) in [6, 6.07) is 7.70. The van der Waals surface area contributed by atoms with Crippen LogP contribution in [0.1, 0.15) is 48.0 Å². The summed E-state index contributed by atoms with van der Waals surface area (Å²) in [4.78, 5) is 11.3. The highest BCUT2D eigenvalue weighted by molar-refractivity contribution is 5.94. The van der Waals surface area contributed by atoms with Gasteiger partial charge in [0.2, 0.25) is 5.91 Å². The van der Waals surface area contributed by atoms with Gasteiger partial charge in [-0.1, -0.05) is 31.0 Å². The van der Waals surface area contributed by atoms with Crippen LogP contribution in [0, 0.1) is 5.92 Å². The normalized spacial score (nSPS) is 15.6. The van der Waals surface area contributed by atoms with E-state index in [-0.39, 0.29) is 18.3 Å². The van der Waals surface area contributed by atoms with Gasteiger partial charge in [-0.3, -0.25) is 4.79 Å². The number of aryl methyl sites for hydroxylation is 1. The van der Waals surface area contributed by atoms with Crippen LogP contribution in [0.5, 0.6) is 0 Å². The molecule has 20 heavy (non-hydrogen) atoms. The Kier molecular flexibility index (Phi) is 7.63. The lowest BCUT2D eigenvalue weighted by Crippen LogP contribution is -2.27. The van der Waals surface area contributed by atoms with Crippen molar-refractivity contribution < 1.29 is 4.79 Å². The number of halogens is 1. The first kappa shape index (κ1) is 17.0. The van der Waals surface area contributed by atoms with Gasteiger partial charge in [0.15, 0.2) is 0 Å². The van der Waals surface area contributed by atoms with E-state index >= 15 is 0 Å². The van der Waals surface area contributed by atoms with Crippen LogP contribution in [-0.4, -0.2) is 19.0 Å². The molecular formula is C16H25ClN2O. The molecule has 1 aliphatic rings. The quantitative estimate of drug-likeness (QED) is 0.793. The van der Waals surface area contributed by atoms with Crippen molar-refractivity contribution in [2.75, 3.05) is 13.1 Å². The first-order valence-corrected chi connectivity index (χ1v) is 7.36. The Bertz CT molecular complexity index is 417. The average Bonchev–Trinajstić information content (AvgIpc) is 2.45. The number of nitrogens with two attached hydrogens (primary N) is 1. The molecule has 1 saturated heterocycles. The lowest BCUT2D eigenvalue weighted by Gasteiger charge is -2.22. The van der Waals surface area contributed by atoms with Crippen LogP contribution >= 0.6 is 12.4 Å². The summed E-state index contributed by atoms with van der Waals surface area (Å²) < 4.78 is 0. The molecule has 0 saturated carbocycles.